The van der Waals surface area contributed by atoms with Gasteiger partial charge in [-0.1, -0.05) is 53.7 Å². The number of benzene rings is 2. The zero-order chi connectivity index (χ0) is 15.5. The van der Waals surface area contributed by atoms with E-state index in [1.807, 2.05) is 25.4 Å². The summed E-state index contributed by atoms with van der Waals surface area (Å²) in [6.07, 6.45) is 1.90. The van der Waals surface area contributed by atoms with Gasteiger partial charge in [-0.3, -0.25) is 0 Å². The molecule has 0 spiro atoms. The summed E-state index contributed by atoms with van der Waals surface area (Å²) in [5, 5.41) is 0.958. The molecule has 0 N–H and O–H groups in total. The third-order valence-corrected chi connectivity index (χ3v) is 4.69. The van der Waals surface area contributed by atoms with Crippen LogP contribution in [0, 0.1) is 12.7 Å². The third kappa shape index (κ3) is 3.22. The van der Waals surface area contributed by atoms with E-state index in [4.69, 9.17) is 0 Å². The number of hydrogen-bond donors (Lipinski definition) is 0. The molecule has 4 heteroatoms. The fourth-order valence-corrected chi connectivity index (χ4v) is 3.16. The van der Waals surface area contributed by atoms with E-state index in [2.05, 4.69) is 40.7 Å². The number of halogens is 1. The molecule has 3 aromatic rings. The van der Waals surface area contributed by atoms with Gasteiger partial charge < -0.3 is 4.57 Å². The molecule has 0 fully saturated rings. The normalized spacial score (nSPS) is 10.9. The fraction of sp³-hybridized carbons (Fsp3) is 0.167. The van der Waals surface area contributed by atoms with Crippen molar-refractivity contribution in [2.75, 3.05) is 0 Å². The van der Waals surface area contributed by atoms with Gasteiger partial charge in [0.15, 0.2) is 5.16 Å². The minimum absolute atomic E-state index is 0.201. The molecule has 0 saturated carbocycles. The molecule has 0 saturated heterocycles. The van der Waals surface area contributed by atoms with Crippen molar-refractivity contribution < 1.29 is 4.39 Å². The zero-order valence-corrected chi connectivity index (χ0v) is 13.4. The van der Waals surface area contributed by atoms with E-state index in [1.54, 1.807) is 11.8 Å². The molecule has 112 valence electrons. The lowest BCUT2D eigenvalue weighted by Crippen LogP contribution is -1.94. The fourth-order valence-electron chi connectivity index (χ4n) is 2.25. The molecule has 1 aromatic heterocycles. The monoisotopic (exact) mass is 312 g/mol. The maximum absolute atomic E-state index is 12.9. The Morgan fingerprint density at radius 1 is 1.05 bits per heavy atom. The van der Waals surface area contributed by atoms with Crippen LogP contribution in [0.2, 0.25) is 0 Å². The lowest BCUT2D eigenvalue weighted by atomic mass is 10.1. The summed E-state index contributed by atoms with van der Waals surface area (Å²) < 4.78 is 15.0. The predicted octanol–water partition coefficient (Wildman–Crippen LogP) is 4.83. The maximum atomic E-state index is 12.9. The van der Waals surface area contributed by atoms with Crippen molar-refractivity contribution in [3.8, 4) is 11.3 Å². The van der Waals surface area contributed by atoms with Crippen molar-refractivity contribution in [1.82, 2.24) is 9.55 Å². The SMILES string of the molecule is Cc1ccc(-c2cnc(SCc3ccc(F)cc3)n2C)cc1. The number of aromatic nitrogens is 2. The van der Waals surface area contributed by atoms with Crippen molar-refractivity contribution in [1.29, 1.82) is 0 Å². The van der Waals surface area contributed by atoms with Gasteiger partial charge in [0, 0.05) is 12.8 Å². The molecule has 0 amide bonds. The van der Waals surface area contributed by atoms with Crippen LogP contribution >= 0.6 is 11.8 Å². The van der Waals surface area contributed by atoms with Gasteiger partial charge in [0.2, 0.25) is 0 Å². The average molecular weight is 312 g/mol. The molecule has 3 rings (SSSR count). The molecule has 0 radical (unpaired) electrons. The summed E-state index contributed by atoms with van der Waals surface area (Å²) in [5.41, 5.74) is 4.60. The Balaban J connectivity index is 1.75. The number of thioether (sulfide) groups is 1. The maximum Gasteiger partial charge on any atom is 0.168 e. The quantitative estimate of drug-likeness (QED) is 0.642. The van der Waals surface area contributed by atoms with Crippen molar-refractivity contribution in [2.24, 2.45) is 7.05 Å². The van der Waals surface area contributed by atoms with Gasteiger partial charge in [-0.2, -0.15) is 0 Å². The zero-order valence-electron chi connectivity index (χ0n) is 12.6. The van der Waals surface area contributed by atoms with Crippen molar-refractivity contribution in [3.05, 3.63) is 71.7 Å². The second-order valence-corrected chi connectivity index (χ2v) is 6.21. The summed E-state index contributed by atoms with van der Waals surface area (Å²) >= 11 is 1.65. The molecule has 2 aromatic carbocycles. The van der Waals surface area contributed by atoms with Crippen molar-refractivity contribution >= 4 is 11.8 Å². The highest BCUT2D eigenvalue weighted by atomic mass is 32.2. The molecular formula is C18H17FN2S. The molecule has 0 aliphatic rings. The molecular weight excluding hydrogens is 295 g/mol. The first kappa shape index (κ1) is 14.9. The van der Waals surface area contributed by atoms with Crippen LogP contribution in [0.1, 0.15) is 11.1 Å². The minimum atomic E-state index is -0.201. The van der Waals surface area contributed by atoms with Crippen LogP contribution in [0.25, 0.3) is 11.3 Å². The molecule has 2 nitrogen and oxygen atoms in total. The van der Waals surface area contributed by atoms with Gasteiger partial charge in [-0.05, 0) is 30.2 Å². The van der Waals surface area contributed by atoms with Gasteiger partial charge in [-0.15, -0.1) is 0 Å². The van der Waals surface area contributed by atoms with Gasteiger partial charge >= 0.3 is 0 Å². The van der Waals surface area contributed by atoms with E-state index in [-0.39, 0.29) is 5.82 Å². The first-order chi connectivity index (χ1) is 10.6. The largest absolute Gasteiger partial charge is 0.322 e. The molecule has 0 unspecified atom stereocenters. The van der Waals surface area contributed by atoms with Crippen LogP contribution < -0.4 is 0 Å². The highest BCUT2D eigenvalue weighted by Gasteiger charge is 2.09. The van der Waals surface area contributed by atoms with Gasteiger partial charge in [0.1, 0.15) is 5.82 Å². The number of hydrogen-bond acceptors (Lipinski definition) is 2. The highest BCUT2D eigenvalue weighted by Crippen LogP contribution is 2.27. The average Bonchev–Trinajstić information content (AvgIpc) is 2.89. The standard InChI is InChI=1S/C18H17FN2S/c1-13-3-7-15(8-4-13)17-11-20-18(21(17)2)22-12-14-5-9-16(19)10-6-14/h3-11H,12H2,1-2H3. The van der Waals surface area contributed by atoms with E-state index in [1.165, 1.54) is 17.7 Å². The van der Waals surface area contributed by atoms with E-state index in [0.29, 0.717) is 0 Å². The van der Waals surface area contributed by atoms with Crippen LogP contribution in [0.15, 0.2) is 59.9 Å². The van der Waals surface area contributed by atoms with Crippen molar-refractivity contribution in [2.45, 2.75) is 17.8 Å². The Hall–Kier alpha value is -2.07. The summed E-state index contributed by atoms with van der Waals surface area (Å²) in [5.74, 6) is 0.575. The lowest BCUT2D eigenvalue weighted by Gasteiger charge is -2.06. The Bertz CT molecular complexity index is 761. The number of nitrogens with zero attached hydrogens (tertiary/aromatic N) is 2. The molecule has 0 aliphatic heterocycles. The van der Waals surface area contributed by atoms with Gasteiger partial charge in [0.05, 0.1) is 11.9 Å². The summed E-state index contributed by atoms with van der Waals surface area (Å²) in [6, 6.07) is 15.0. The Labute approximate surface area is 134 Å². The third-order valence-electron chi connectivity index (χ3n) is 3.57. The number of aryl methyl sites for hydroxylation is 1. The van der Waals surface area contributed by atoms with E-state index in [0.717, 1.165) is 27.7 Å². The first-order valence-corrected chi connectivity index (χ1v) is 8.08. The summed E-state index contributed by atoms with van der Waals surface area (Å²) in [7, 11) is 2.02. The van der Waals surface area contributed by atoms with E-state index >= 15 is 0 Å². The van der Waals surface area contributed by atoms with Crippen LogP contribution in [0.3, 0.4) is 0 Å². The minimum Gasteiger partial charge on any atom is -0.322 e. The van der Waals surface area contributed by atoms with Crippen LogP contribution in [-0.4, -0.2) is 9.55 Å². The van der Waals surface area contributed by atoms with Crippen LogP contribution in [-0.2, 0) is 12.8 Å². The molecule has 0 aliphatic carbocycles. The molecule has 0 bridgehead atoms. The van der Waals surface area contributed by atoms with E-state index < -0.39 is 0 Å². The molecule has 22 heavy (non-hydrogen) atoms. The van der Waals surface area contributed by atoms with Crippen LogP contribution in [0.4, 0.5) is 4.39 Å². The molecule has 0 atom stereocenters. The summed E-state index contributed by atoms with van der Waals surface area (Å²) in [4.78, 5) is 4.50. The Morgan fingerprint density at radius 3 is 2.41 bits per heavy atom. The second kappa shape index (κ2) is 6.36. The van der Waals surface area contributed by atoms with E-state index in [9.17, 15) is 4.39 Å². The highest BCUT2D eigenvalue weighted by molar-refractivity contribution is 7.98. The summed E-state index contributed by atoms with van der Waals surface area (Å²) in [6.45, 7) is 2.08. The number of rotatable bonds is 4. The van der Waals surface area contributed by atoms with Gasteiger partial charge in [-0.25, -0.2) is 9.37 Å². The lowest BCUT2D eigenvalue weighted by molar-refractivity contribution is 0.627. The first-order valence-electron chi connectivity index (χ1n) is 7.09. The second-order valence-electron chi connectivity index (χ2n) is 5.27. The molecule has 1 heterocycles. The number of imidazole rings is 1. The predicted molar refractivity (Wildman–Crippen MR) is 89.3 cm³/mol. The topological polar surface area (TPSA) is 17.8 Å². The van der Waals surface area contributed by atoms with Crippen LogP contribution in [0.5, 0.6) is 0 Å². The van der Waals surface area contributed by atoms with Crippen molar-refractivity contribution in [3.63, 3.8) is 0 Å². The smallest absolute Gasteiger partial charge is 0.168 e. The van der Waals surface area contributed by atoms with Gasteiger partial charge in [0.25, 0.3) is 0 Å². The Kier molecular flexibility index (Phi) is 4.29. The Morgan fingerprint density at radius 2 is 1.73 bits per heavy atom.